The molecule has 4 heteroatoms. The van der Waals surface area contributed by atoms with E-state index in [1.807, 2.05) is 39.0 Å². The van der Waals surface area contributed by atoms with Crippen LogP contribution in [-0.2, 0) is 15.9 Å². The van der Waals surface area contributed by atoms with Crippen molar-refractivity contribution in [3.8, 4) is 0 Å². The highest BCUT2D eigenvalue weighted by molar-refractivity contribution is 5.69. The minimum absolute atomic E-state index is 0.342. The van der Waals surface area contributed by atoms with Crippen molar-refractivity contribution >= 4 is 6.09 Å². The molecule has 0 aromatic heterocycles. The summed E-state index contributed by atoms with van der Waals surface area (Å²) >= 11 is 0. The number of benzene rings is 1. The number of nitrogens with zero attached hydrogens (tertiary/aromatic N) is 1. The van der Waals surface area contributed by atoms with Crippen molar-refractivity contribution in [2.45, 2.75) is 39.0 Å². The lowest BCUT2D eigenvalue weighted by Crippen LogP contribution is -2.44. The molecule has 0 fully saturated rings. The predicted octanol–water partition coefficient (Wildman–Crippen LogP) is 3.68. The molecule has 1 heterocycles. The van der Waals surface area contributed by atoms with Crippen LogP contribution in [0.1, 0.15) is 38.1 Å². The number of amides is 1. The van der Waals surface area contributed by atoms with Crippen LogP contribution in [0.4, 0.5) is 4.79 Å². The van der Waals surface area contributed by atoms with E-state index < -0.39 is 11.8 Å². The van der Waals surface area contributed by atoms with Gasteiger partial charge in [-0.1, -0.05) is 30.3 Å². The maximum absolute atomic E-state index is 12.4. The van der Waals surface area contributed by atoms with Gasteiger partial charge in [0.05, 0.1) is 6.61 Å². The zero-order chi connectivity index (χ0) is 15.5. The zero-order valence-electron chi connectivity index (χ0n) is 13.0. The van der Waals surface area contributed by atoms with Gasteiger partial charge in [-0.05, 0) is 32.8 Å². The van der Waals surface area contributed by atoms with E-state index in [0.29, 0.717) is 13.2 Å². The zero-order valence-corrected chi connectivity index (χ0v) is 13.0. The second-order valence-corrected chi connectivity index (χ2v) is 6.10. The van der Waals surface area contributed by atoms with Crippen molar-refractivity contribution < 1.29 is 14.3 Å². The van der Waals surface area contributed by atoms with Crippen LogP contribution >= 0.6 is 0 Å². The summed E-state index contributed by atoms with van der Waals surface area (Å²) < 4.78 is 11.3. The largest absolute Gasteiger partial charge is 0.444 e. The van der Waals surface area contributed by atoms with Crippen LogP contribution in [0.3, 0.4) is 0 Å². The fourth-order valence-electron chi connectivity index (χ4n) is 2.38. The molecule has 0 spiro atoms. The Morgan fingerprint density at radius 3 is 2.81 bits per heavy atom. The van der Waals surface area contributed by atoms with Crippen LogP contribution in [0.15, 0.2) is 36.9 Å². The Hall–Kier alpha value is -1.81. The summed E-state index contributed by atoms with van der Waals surface area (Å²) in [5.41, 5.74) is 1.72. The van der Waals surface area contributed by atoms with Gasteiger partial charge in [-0.3, -0.25) is 4.90 Å². The SMILES string of the molecule is C=CCOC1c2ccccc2CCN1C(=O)OC(C)(C)C. The summed E-state index contributed by atoms with van der Waals surface area (Å²) in [5.74, 6) is 0. The molecule has 0 bridgehead atoms. The van der Waals surface area contributed by atoms with E-state index in [0.717, 1.165) is 12.0 Å². The maximum Gasteiger partial charge on any atom is 0.412 e. The first-order valence-electron chi connectivity index (χ1n) is 7.22. The molecule has 0 radical (unpaired) electrons. The van der Waals surface area contributed by atoms with Crippen LogP contribution in [0.5, 0.6) is 0 Å². The van der Waals surface area contributed by atoms with E-state index in [2.05, 4.69) is 12.6 Å². The van der Waals surface area contributed by atoms with Crippen LogP contribution < -0.4 is 0 Å². The van der Waals surface area contributed by atoms with Crippen LogP contribution in [0, 0.1) is 0 Å². The highest BCUT2D eigenvalue weighted by atomic mass is 16.6. The van der Waals surface area contributed by atoms with Gasteiger partial charge in [-0.2, -0.15) is 0 Å². The number of hydrogen-bond acceptors (Lipinski definition) is 3. The average Bonchev–Trinajstić information content (AvgIpc) is 2.42. The van der Waals surface area contributed by atoms with Gasteiger partial charge < -0.3 is 9.47 Å². The summed E-state index contributed by atoms with van der Waals surface area (Å²) in [7, 11) is 0. The van der Waals surface area contributed by atoms with Crippen LogP contribution in [-0.4, -0.2) is 29.7 Å². The third kappa shape index (κ3) is 3.85. The fraction of sp³-hybridized carbons (Fsp3) is 0.471. The lowest BCUT2D eigenvalue weighted by atomic mass is 9.98. The maximum atomic E-state index is 12.4. The Kier molecular flexibility index (Phi) is 4.68. The first-order valence-corrected chi connectivity index (χ1v) is 7.22. The lowest BCUT2D eigenvalue weighted by molar-refractivity contribution is -0.0665. The molecule has 1 atom stereocenters. The third-order valence-electron chi connectivity index (χ3n) is 3.23. The van der Waals surface area contributed by atoms with Gasteiger partial charge in [0, 0.05) is 12.1 Å². The van der Waals surface area contributed by atoms with Gasteiger partial charge in [0.2, 0.25) is 0 Å². The highest BCUT2D eigenvalue weighted by Crippen LogP contribution is 2.31. The average molecular weight is 289 g/mol. The first-order chi connectivity index (χ1) is 9.92. The Morgan fingerprint density at radius 1 is 1.43 bits per heavy atom. The van der Waals surface area contributed by atoms with E-state index in [4.69, 9.17) is 9.47 Å². The number of carbonyl (C=O) groups excluding carboxylic acids is 1. The van der Waals surface area contributed by atoms with Gasteiger partial charge in [0.25, 0.3) is 0 Å². The molecule has 1 aliphatic rings. The van der Waals surface area contributed by atoms with Gasteiger partial charge in [-0.25, -0.2) is 4.79 Å². The summed E-state index contributed by atoms with van der Waals surface area (Å²) in [6, 6.07) is 8.04. The van der Waals surface area contributed by atoms with E-state index >= 15 is 0 Å². The van der Waals surface area contributed by atoms with Gasteiger partial charge in [0.1, 0.15) is 5.60 Å². The van der Waals surface area contributed by atoms with Gasteiger partial charge >= 0.3 is 6.09 Å². The van der Waals surface area contributed by atoms with E-state index in [-0.39, 0.29) is 6.09 Å². The number of fused-ring (bicyclic) bond motifs is 1. The Bertz CT molecular complexity index is 519. The topological polar surface area (TPSA) is 38.8 Å². The Morgan fingerprint density at radius 2 is 2.14 bits per heavy atom. The van der Waals surface area contributed by atoms with Crippen LogP contribution in [0.2, 0.25) is 0 Å². The molecule has 0 saturated heterocycles. The van der Waals surface area contributed by atoms with Crippen molar-refractivity contribution in [1.29, 1.82) is 0 Å². The van der Waals surface area contributed by atoms with Crippen molar-refractivity contribution in [3.63, 3.8) is 0 Å². The molecule has 4 nitrogen and oxygen atoms in total. The molecule has 1 aromatic carbocycles. The first kappa shape index (κ1) is 15.6. The summed E-state index contributed by atoms with van der Waals surface area (Å²) in [6.45, 7) is 10.2. The summed E-state index contributed by atoms with van der Waals surface area (Å²) in [4.78, 5) is 14.0. The molecular formula is C17H23NO3. The third-order valence-corrected chi connectivity index (χ3v) is 3.23. The smallest absolute Gasteiger partial charge is 0.412 e. The standard InChI is InChI=1S/C17H23NO3/c1-5-12-20-15-14-9-7-6-8-13(14)10-11-18(15)16(19)21-17(2,3)4/h5-9,15H,1,10-12H2,2-4H3. The quantitative estimate of drug-likeness (QED) is 0.797. The Balaban J connectivity index is 2.24. The summed E-state index contributed by atoms with van der Waals surface area (Å²) in [6.07, 6.45) is 1.74. The minimum atomic E-state index is -0.517. The fourth-order valence-corrected chi connectivity index (χ4v) is 2.38. The molecule has 2 rings (SSSR count). The molecule has 1 amide bonds. The molecule has 1 aliphatic heterocycles. The van der Waals surface area contributed by atoms with E-state index in [1.165, 1.54) is 5.56 Å². The molecule has 114 valence electrons. The molecule has 1 unspecified atom stereocenters. The second kappa shape index (κ2) is 6.31. The van der Waals surface area contributed by atoms with Crippen molar-refractivity contribution in [1.82, 2.24) is 4.90 Å². The van der Waals surface area contributed by atoms with Crippen molar-refractivity contribution in [2.75, 3.05) is 13.2 Å². The number of rotatable bonds is 3. The van der Waals surface area contributed by atoms with Crippen molar-refractivity contribution in [3.05, 3.63) is 48.0 Å². The monoisotopic (exact) mass is 289 g/mol. The molecular weight excluding hydrogens is 266 g/mol. The number of carbonyl (C=O) groups is 1. The molecule has 21 heavy (non-hydrogen) atoms. The van der Waals surface area contributed by atoms with Gasteiger partial charge in [-0.15, -0.1) is 6.58 Å². The highest BCUT2D eigenvalue weighted by Gasteiger charge is 2.33. The molecule has 0 N–H and O–H groups in total. The number of ether oxygens (including phenoxy) is 2. The van der Waals surface area contributed by atoms with Crippen molar-refractivity contribution in [2.24, 2.45) is 0 Å². The molecule has 0 aliphatic carbocycles. The molecule has 0 saturated carbocycles. The molecule has 1 aromatic rings. The summed E-state index contributed by atoms with van der Waals surface area (Å²) in [5, 5.41) is 0. The number of hydrogen-bond donors (Lipinski definition) is 0. The van der Waals surface area contributed by atoms with E-state index in [1.54, 1.807) is 11.0 Å². The van der Waals surface area contributed by atoms with Crippen LogP contribution in [0.25, 0.3) is 0 Å². The minimum Gasteiger partial charge on any atom is -0.444 e. The Labute approximate surface area is 126 Å². The second-order valence-electron chi connectivity index (χ2n) is 6.10. The normalized spacial score (nSPS) is 18.0. The van der Waals surface area contributed by atoms with Gasteiger partial charge in [0.15, 0.2) is 6.23 Å². The van der Waals surface area contributed by atoms with E-state index in [9.17, 15) is 4.79 Å². The lowest BCUT2D eigenvalue weighted by Gasteiger charge is -2.37. The predicted molar refractivity (Wildman–Crippen MR) is 82.0 cm³/mol.